The molecule has 3 N–H and O–H groups in total. The maximum Gasteiger partial charge on any atom is 0.330 e. The van der Waals surface area contributed by atoms with Crippen molar-refractivity contribution in [3.8, 4) is 0 Å². The second kappa shape index (κ2) is 10.3. The van der Waals surface area contributed by atoms with E-state index in [-0.39, 0.29) is 36.3 Å². The summed E-state index contributed by atoms with van der Waals surface area (Å²) in [6.07, 6.45) is 0.488. The summed E-state index contributed by atoms with van der Waals surface area (Å²) in [7, 11) is 1.56. The highest BCUT2D eigenvalue weighted by atomic mass is 35.5. The fourth-order valence-corrected chi connectivity index (χ4v) is 3.22. The van der Waals surface area contributed by atoms with Crippen LogP contribution in [0.2, 0.25) is 5.02 Å². The smallest absolute Gasteiger partial charge is 0.330 e. The third-order valence-corrected chi connectivity index (χ3v) is 4.73. The van der Waals surface area contributed by atoms with Gasteiger partial charge >= 0.3 is 5.69 Å². The van der Waals surface area contributed by atoms with Crippen molar-refractivity contribution >= 4 is 29.0 Å². The van der Waals surface area contributed by atoms with Crippen LogP contribution in [0.1, 0.15) is 25.8 Å². The summed E-state index contributed by atoms with van der Waals surface area (Å²) in [6.45, 7) is 4.79. The third-order valence-electron chi connectivity index (χ3n) is 4.36. The van der Waals surface area contributed by atoms with Gasteiger partial charge in [0.25, 0.3) is 5.56 Å². The molecule has 1 aromatic heterocycles. The Morgan fingerprint density at radius 3 is 2.62 bits per heavy atom. The molecule has 0 unspecified atom stereocenters. The minimum atomic E-state index is -0.697. The number of nitrogens with two attached hydrogens (primary N) is 1. The van der Waals surface area contributed by atoms with Gasteiger partial charge in [-0.1, -0.05) is 43.6 Å². The molecule has 0 bridgehead atoms. The lowest BCUT2D eigenvalue weighted by Crippen LogP contribution is -2.42. The molecular weight excluding hydrogens is 396 g/mol. The number of ether oxygens (including phenoxy) is 1. The van der Waals surface area contributed by atoms with Crippen LogP contribution >= 0.6 is 11.6 Å². The maximum absolute atomic E-state index is 13.1. The molecule has 0 saturated carbocycles. The molecule has 0 atom stereocenters. The number of nitrogens with one attached hydrogen (secondary N) is 1. The van der Waals surface area contributed by atoms with Crippen LogP contribution in [-0.2, 0) is 22.5 Å². The number of aromatic amines is 1. The van der Waals surface area contributed by atoms with Gasteiger partial charge in [-0.25, -0.2) is 4.79 Å². The first kappa shape index (κ1) is 22.7. The van der Waals surface area contributed by atoms with E-state index in [4.69, 9.17) is 22.1 Å². The van der Waals surface area contributed by atoms with Crippen LogP contribution in [0.15, 0.2) is 33.9 Å². The van der Waals surface area contributed by atoms with Gasteiger partial charge < -0.3 is 15.4 Å². The van der Waals surface area contributed by atoms with Gasteiger partial charge in [0.05, 0.1) is 6.42 Å². The van der Waals surface area contributed by atoms with E-state index < -0.39 is 11.2 Å². The van der Waals surface area contributed by atoms with Gasteiger partial charge in [-0.15, -0.1) is 0 Å². The Balaban J connectivity index is 2.49. The van der Waals surface area contributed by atoms with Gasteiger partial charge in [-0.2, -0.15) is 0 Å². The van der Waals surface area contributed by atoms with Crippen molar-refractivity contribution in [2.75, 3.05) is 30.9 Å². The number of amides is 1. The standard InChI is InChI=1S/C20H27ClN4O4/c1-13(2)12-25-18(22)17(19(27)23-20(25)28)24(9-6-10-29-3)16(26)11-14-7-4-5-8-15(14)21/h4-5,7-8,13H,6,9-12,22H2,1-3H3,(H,23,27,28). The van der Waals surface area contributed by atoms with E-state index in [1.54, 1.807) is 31.4 Å². The van der Waals surface area contributed by atoms with Crippen molar-refractivity contribution in [2.24, 2.45) is 5.92 Å². The number of nitrogens with zero attached hydrogens (tertiary/aromatic N) is 2. The Kier molecular flexibility index (Phi) is 8.04. The van der Waals surface area contributed by atoms with E-state index in [2.05, 4.69) is 4.98 Å². The number of benzene rings is 1. The number of H-pyrrole nitrogens is 1. The lowest BCUT2D eigenvalue weighted by atomic mass is 10.1. The zero-order valence-corrected chi connectivity index (χ0v) is 17.7. The summed E-state index contributed by atoms with van der Waals surface area (Å²) in [5, 5.41) is 0.462. The highest BCUT2D eigenvalue weighted by Gasteiger charge is 2.24. The molecule has 0 saturated heterocycles. The summed E-state index contributed by atoms with van der Waals surface area (Å²) >= 11 is 6.18. The average Bonchev–Trinajstić information content (AvgIpc) is 2.65. The molecule has 8 nitrogen and oxygen atoms in total. The Labute approximate surface area is 174 Å². The van der Waals surface area contributed by atoms with Crippen LogP contribution in [0, 0.1) is 5.92 Å². The number of nitrogen functional groups attached to an aromatic ring is 1. The van der Waals surface area contributed by atoms with Crippen LogP contribution in [-0.4, -0.2) is 35.7 Å². The van der Waals surface area contributed by atoms with Crippen LogP contribution in [0.5, 0.6) is 0 Å². The molecule has 0 aliphatic carbocycles. The second-order valence-electron chi connectivity index (χ2n) is 7.16. The van der Waals surface area contributed by atoms with Gasteiger partial charge in [0.1, 0.15) is 5.82 Å². The molecule has 0 spiro atoms. The van der Waals surface area contributed by atoms with Crippen LogP contribution in [0.3, 0.4) is 0 Å². The zero-order valence-electron chi connectivity index (χ0n) is 16.9. The number of aromatic nitrogens is 2. The summed E-state index contributed by atoms with van der Waals surface area (Å²) in [4.78, 5) is 41.5. The van der Waals surface area contributed by atoms with Crippen molar-refractivity contribution < 1.29 is 9.53 Å². The molecule has 9 heteroatoms. The largest absolute Gasteiger partial charge is 0.385 e. The Morgan fingerprint density at radius 2 is 2.00 bits per heavy atom. The summed E-state index contributed by atoms with van der Waals surface area (Å²) in [5.74, 6) is -0.256. The number of carbonyl (C=O) groups excluding carboxylic acids is 1. The second-order valence-corrected chi connectivity index (χ2v) is 7.56. The number of rotatable bonds is 9. The van der Waals surface area contributed by atoms with Crippen LogP contribution in [0.25, 0.3) is 0 Å². The maximum atomic E-state index is 13.1. The lowest BCUT2D eigenvalue weighted by Gasteiger charge is -2.25. The van der Waals surface area contributed by atoms with Crippen LogP contribution in [0.4, 0.5) is 11.5 Å². The predicted octanol–water partition coefficient (Wildman–Crippen LogP) is 2.04. The first-order chi connectivity index (χ1) is 13.8. The van der Waals surface area contributed by atoms with Crippen molar-refractivity contribution in [1.82, 2.24) is 9.55 Å². The molecule has 0 aliphatic heterocycles. The molecule has 0 aliphatic rings. The normalized spacial score (nSPS) is 11.1. The van der Waals surface area contributed by atoms with Gasteiger partial charge in [0.15, 0.2) is 5.69 Å². The Morgan fingerprint density at radius 1 is 1.31 bits per heavy atom. The number of halogens is 1. The van der Waals surface area contributed by atoms with E-state index in [0.29, 0.717) is 30.2 Å². The molecule has 2 aromatic rings. The third kappa shape index (κ3) is 5.71. The molecule has 0 radical (unpaired) electrons. The molecule has 1 amide bonds. The van der Waals surface area contributed by atoms with E-state index in [1.807, 2.05) is 13.8 Å². The van der Waals surface area contributed by atoms with E-state index in [9.17, 15) is 14.4 Å². The number of hydrogen-bond donors (Lipinski definition) is 2. The van der Waals surface area contributed by atoms with E-state index in [0.717, 1.165) is 0 Å². The minimum Gasteiger partial charge on any atom is -0.385 e. The monoisotopic (exact) mass is 422 g/mol. The van der Waals surface area contributed by atoms with E-state index in [1.165, 1.54) is 9.47 Å². The van der Waals surface area contributed by atoms with Gasteiger partial charge in [-0.3, -0.25) is 19.1 Å². The molecule has 1 aromatic carbocycles. The summed E-state index contributed by atoms with van der Waals surface area (Å²) in [6, 6.07) is 7.01. The van der Waals surface area contributed by atoms with Crippen molar-refractivity contribution in [3.63, 3.8) is 0 Å². The first-order valence-corrected chi connectivity index (χ1v) is 9.79. The molecule has 0 fully saturated rings. The highest BCUT2D eigenvalue weighted by molar-refractivity contribution is 6.31. The van der Waals surface area contributed by atoms with Crippen molar-refractivity contribution in [1.29, 1.82) is 0 Å². The van der Waals surface area contributed by atoms with Gasteiger partial charge in [-0.05, 0) is 24.0 Å². The molecule has 2 rings (SSSR count). The fraction of sp³-hybridized carbons (Fsp3) is 0.450. The number of anilines is 2. The first-order valence-electron chi connectivity index (χ1n) is 9.41. The fourth-order valence-electron chi connectivity index (χ4n) is 3.01. The van der Waals surface area contributed by atoms with Gasteiger partial charge in [0, 0.05) is 31.8 Å². The topological polar surface area (TPSA) is 110 Å². The lowest BCUT2D eigenvalue weighted by molar-refractivity contribution is -0.118. The summed E-state index contributed by atoms with van der Waals surface area (Å²) in [5.41, 5.74) is 5.51. The average molecular weight is 423 g/mol. The van der Waals surface area contributed by atoms with E-state index >= 15 is 0 Å². The zero-order chi connectivity index (χ0) is 21.6. The molecule has 29 heavy (non-hydrogen) atoms. The Hall–Kier alpha value is -2.58. The molecule has 158 valence electrons. The minimum absolute atomic E-state index is 0.00512. The quantitative estimate of drug-likeness (QED) is 0.601. The highest BCUT2D eigenvalue weighted by Crippen LogP contribution is 2.21. The molecule has 1 heterocycles. The number of methoxy groups -OCH3 is 1. The van der Waals surface area contributed by atoms with Crippen LogP contribution < -0.4 is 21.9 Å². The van der Waals surface area contributed by atoms with Crippen molar-refractivity contribution in [2.45, 2.75) is 33.2 Å². The number of carbonyl (C=O) groups is 1. The van der Waals surface area contributed by atoms with Crippen molar-refractivity contribution in [3.05, 3.63) is 55.7 Å². The molecular formula is C20H27ClN4O4. The Bertz CT molecular complexity index is 968. The number of hydrogen-bond acceptors (Lipinski definition) is 5. The summed E-state index contributed by atoms with van der Waals surface area (Å²) < 4.78 is 6.35. The van der Waals surface area contributed by atoms with Gasteiger partial charge in [0.2, 0.25) is 5.91 Å². The predicted molar refractivity (Wildman–Crippen MR) is 115 cm³/mol. The SMILES string of the molecule is COCCCN(C(=O)Cc1ccccc1Cl)c1c(N)n(CC(C)C)c(=O)[nH]c1=O.